The predicted molar refractivity (Wildman–Crippen MR) is 121 cm³/mol. The van der Waals surface area contributed by atoms with Gasteiger partial charge in [-0.25, -0.2) is 17.2 Å². The fourth-order valence-corrected chi connectivity index (χ4v) is 3.49. The lowest BCUT2D eigenvalue weighted by Gasteiger charge is -2.16. The summed E-state index contributed by atoms with van der Waals surface area (Å²) in [7, 11) is -3.90. The maximum atomic E-state index is 14.2. The van der Waals surface area contributed by atoms with Crippen LogP contribution in [0.3, 0.4) is 0 Å². The Morgan fingerprint density at radius 3 is 2.26 bits per heavy atom. The van der Waals surface area contributed by atoms with Crippen molar-refractivity contribution in [1.29, 1.82) is 0 Å². The molecule has 0 aliphatic heterocycles. The second-order valence-electron chi connectivity index (χ2n) is 7.52. The van der Waals surface area contributed by atoms with Gasteiger partial charge in [0.25, 0.3) is 0 Å². The van der Waals surface area contributed by atoms with Gasteiger partial charge in [0.2, 0.25) is 15.9 Å². The Balaban J connectivity index is 2.18. The Morgan fingerprint density at radius 1 is 1.12 bits per heavy atom. The van der Waals surface area contributed by atoms with E-state index in [0.29, 0.717) is 18.5 Å². The number of nitrogens with one attached hydrogen (secondary N) is 3. The van der Waals surface area contributed by atoms with Gasteiger partial charge in [0.05, 0.1) is 17.9 Å². The molecule has 2 rings (SSSR count). The van der Waals surface area contributed by atoms with Crippen LogP contribution in [0.1, 0.15) is 43.0 Å². The first-order chi connectivity index (χ1) is 15.7. The monoisotopic (exact) mass is 505 g/mol. The second kappa shape index (κ2) is 10.9. The average molecular weight is 506 g/mol. The maximum absolute atomic E-state index is 14.2. The van der Waals surface area contributed by atoms with Gasteiger partial charge in [-0.15, -0.1) is 0 Å². The fraction of sp³-hybridized carbons (Fsp3) is 0.318. The van der Waals surface area contributed by atoms with Gasteiger partial charge in [-0.3, -0.25) is 9.52 Å². The van der Waals surface area contributed by atoms with Crippen molar-refractivity contribution in [3.63, 3.8) is 0 Å². The summed E-state index contributed by atoms with van der Waals surface area (Å²) in [6.07, 6.45) is -0.699. The quantitative estimate of drug-likeness (QED) is 0.328. The molecule has 0 saturated carbocycles. The molecule has 0 fully saturated rings. The first kappa shape index (κ1) is 27.1. The zero-order valence-electron chi connectivity index (χ0n) is 18.6. The molecule has 0 aliphatic rings. The van der Waals surface area contributed by atoms with E-state index >= 15 is 0 Å². The molecule has 1 atom stereocenters. The van der Waals surface area contributed by atoms with E-state index in [0.717, 1.165) is 36.6 Å². The molecule has 0 radical (unpaired) electrons. The standard InChI is InChI=1S/C22H24F5N3O3S/c1-4-9-28-19-12-16(22(25,26)27)7-5-14(19)6-8-20(31)29-13(2)15-10-17(23)21(18(24)11-15)30-34(3,32)33/h5-8,10-13,28,30H,4,9H2,1-3H3,(H,29,31)/b8-6-. The Kier molecular flexibility index (Phi) is 8.65. The molecule has 0 bridgehead atoms. The lowest BCUT2D eigenvalue weighted by Crippen LogP contribution is -2.25. The highest BCUT2D eigenvalue weighted by molar-refractivity contribution is 7.92. The summed E-state index contributed by atoms with van der Waals surface area (Å²) in [6.45, 7) is 3.73. The van der Waals surface area contributed by atoms with Gasteiger partial charge in [-0.05, 0) is 54.8 Å². The number of carbonyl (C=O) groups excluding carboxylic acids is 1. The molecule has 0 saturated heterocycles. The van der Waals surface area contributed by atoms with E-state index in [9.17, 15) is 35.2 Å². The summed E-state index contributed by atoms with van der Waals surface area (Å²) in [4.78, 5) is 12.3. The third-order valence-electron chi connectivity index (χ3n) is 4.57. The van der Waals surface area contributed by atoms with E-state index < -0.39 is 51.0 Å². The van der Waals surface area contributed by atoms with Crippen LogP contribution in [-0.2, 0) is 21.0 Å². The number of amides is 1. The van der Waals surface area contributed by atoms with Crippen LogP contribution in [-0.4, -0.2) is 27.1 Å². The number of alkyl halides is 3. The van der Waals surface area contributed by atoms with E-state index in [4.69, 9.17) is 0 Å². The van der Waals surface area contributed by atoms with Gasteiger partial charge < -0.3 is 10.6 Å². The van der Waals surface area contributed by atoms with E-state index in [-0.39, 0.29) is 11.3 Å². The minimum absolute atomic E-state index is 0.0376. The normalized spacial score (nSPS) is 13.1. The smallest absolute Gasteiger partial charge is 0.385 e. The van der Waals surface area contributed by atoms with Crippen LogP contribution in [0.2, 0.25) is 0 Å². The third kappa shape index (κ3) is 7.72. The van der Waals surface area contributed by atoms with Crippen molar-refractivity contribution in [2.45, 2.75) is 32.5 Å². The summed E-state index contributed by atoms with van der Waals surface area (Å²) in [5.41, 5.74) is -1.08. The molecule has 6 nitrogen and oxygen atoms in total. The zero-order chi connectivity index (χ0) is 25.7. The Labute approximate surface area is 194 Å². The Bertz CT molecular complexity index is 1160. The molecule has 34 heavy (non-hydrogen) atoms. The van der Waals surface area contributed by atoms with Gasteiger partial charge in [0.15, 0.2) is 11.6 Å². The second-order valence-corrected chi connectivity index (χ2v) is 9.27. The molecule has 0 aliphatic carbocycles. The van der Waals surface area contributed by atoms with Crippen molar-refractivity contribution in [2.75, 3.05) is 22.8 Å². The fourth-order valence-electron chi connectivity index (χ4n) is 2.93. The van der Waals surface area contributed by atoms with Crippen LogP contribution in [0.15, 0.2) is 36.4 Å². The zero-order valence-corrected chi connectivity index (χ0v) is 19.4. The number of halogens is 5. The van der Waals surface area contributed by atoms with Crippen molar-refractivity contribution in [1.82, 2.24) is 5.32 Å². The summed E-state index contributed by atoms with van der Waals surface area (Å²) < 4.78 is 91.6. The number of benzene rings is 2. The lowest BCUT2D eigenvalue weighted by atomic mass is 10.1. The number of hydrogen-bond donors (Lipinski definition) is 3. The minimum Gasteiger partial charge on any atom is -0.385 e. The maximum Gasteiger partial charge on any atom is 0.416 e. The third-order valence-corrected chi connectivity index (χ3v) is 5.15. The summed E-state index contributed by atoms with van der Waals surface area (Å²) >= 11 is 0. The van der Waals surface area contributed by atoms with Crippen LogP contribution in [0, 0.1) is 11.6 Å². The molecule has 0 aromatic heterocycles. The summed E-state index contributed by atoms with van der Waals surface area (Å²) in [5, 5.41) is 5.37. The molecule has 3 N–H and O–H groups in total. The molecule has 186 valence electrons. The highest BCUT2D eigenvalue weighted by atomic mass is 32.2. The summed E-state index contributed by atoms with van der Waals surface area (Å²) in [6, 6.07) is 3.98. The molecule has 2 aromatic rings. The first-order valence-electron chi connectivity index (χ1n) is 10.1. The highest BCUT2D eigenvalue weighted by Crippen LogP contribution is 2.32. The van der Waals surface area contributed by atoms with Gasteiger partial charge in [-0.2, -0.15) is 13.2 Å². The van der Waals surface area contributed by atoms with E-state index in [2.05, 4.69) is 10.6 Å². The van der Waals surface area contributed by atoms with E-state index in [1.54, 1.807) is 4.72 Å². The van der Waals surface area contributed by atoms with Crippen LogP contribution < -0.4 is 15.4 Å². The first-order valence-corrected chi connectivity index (χ1v) is 12.0. The minimum atomic E-state index is -4.52. The lowest BCUT2D eigenvalue weighted by molar-refractivity contribution is -0.137. The molecule has 1 amide bonds. The van der Waals surface area contributed by atoms with Crippen LogP contribution in [0.25, 0.3) is 6.08 Å². The van der Waals surface area contributed by atoms with Crippen LogP contribution in [0.5, 0.6) is 0 Å². The highest BCUT2D eigenvalue weighted by Gasteiger charge is 2.30. The van der Waals surface area contributed by atoms with Crippen LogP contribution >= 0.6 is 0 Å². The van der Waals surface area contributed by atoms with Crippen molar-refractivity contribution in [2.24, 2.45) is 0 Å². The molecule has 12 heteroatoms. The van der Waals surface area contributed by atoms with Crippen molar-refractivity contribution < 1.29 is 35.2 Å². The summed E-state index contributed by atoms with van der Waals surface area (Å²) in [5.74, 6) is -2.98. The van der Waals surface area contributed by atoms with E-state index in [1.165, 1.54) is 19.1 Å². The van der Waals surface area contributed by atoms with Crippen molar-refractivity contribution >= 4 is 33.4 Å². The topological polar surface area (TPSA) is 87.3 Å². The molecule has 2 aromatic carbocycles. The van der Waals surface area contributed by atoms with E-state index in [1.807, 2.05) is 6.92 Å². The van der Waals surface area contributed by atoms with Crippen molar-refractivity contribution in [3.8, 4) is 0 Å². The predicted octanol–water partition coefficient (Wildman–Crippen LogP) is 5.07. The number of hydrogen-bond acceptors (Lipinski definition) is 4. The molecular formula is C22H24F5N3O3S. The molecule has 0 spiro atoms. The van der Waals surface area contributed by atoms with Gasteiger partial charge >= 0.3 is 6.18 Å². The van der Waals surface area contributed by atoms with Crippen molar-refractivity contribution in [3.05, 3.63) is 64.7 Å². The Morgan fingerprint density at radius 2 is 1.74 bits per heavy atom. The van der Waals surface area contributed by atoms with Crippen LogP contribution in [0.4, 0.5) is 33.3 Å². The number of rotatable bonds is 9. The van der Waals surface area contributed by atoms with Gasteiger partial charge in [0.1, 0.15) is 5.69 Å². The number of anilines is 2. The number of sulfonamides is 1. The average Bonchev–Trinajstić information content (AvgIpc) is 2.72. The SMILES string of the molecule is CCCNc1cc(C(F)(F)F)ccc1/C=C\C(=O)NC(C)c1cc(F)c(NS(C)(=O)=O)c(F)c1. The van der Waals surface area contributed by atoms with Gasteiger partial charge in [0, 0.05) is 18.3 Å². The molecule has 0 heterocycles. The largest absolute Gasteiger partial charge is 0.416 e. The van der Waals surface area contributed by atoms with Gasteiger partial charge in [-0.1, -0.05) is 13.0 Å². The molecular weight excluding hydrogens is 481 g/mol. The number of carbonyl (C=O) groups is 1. The Hall–Kier alpha value is -3.15. The molecule has 1 unspecified atom stereocenters.